The first-order valence-electron chi connectivity index (χ1n) is 7.14. The van der Waals surface area contributed by atoms with Crippen molar-refractivity contribution in [2.45, 2.75) is 20.4 Å². The van der Waals surface area contributed by atoms with Crippen LogP contribution in [0.15, 0.2) is 30.3 Å². The molecule has 7 nitrogen and oxygen atoms in total. The Kier molecular flexibility index (Phi) is 5.48. The maximum absolute atomic E-state index is 11.8. The lowest BCUT2D eigenvalue weighted by Gasteiger charge is -2.07. The maximum Gasteiger partial charge on any atom is 0.329 e. The van der Waals surface area contributed by atoms with Crippen LogP contribution in [0.3, 0.4) is 0 Å². The molecule has 0 saturated heterocycles. The number of carboxylic acids is 1. The second-order valence-corrected chi connectivity index (χ2v) is 5.12. The molecule has 0 unspecified atom stereocenters. The van der Waals surface area contributed by atoms with Gasteiger partial charge in [-0.05, 0) is 19.4 Å². The molecule has 0 aliphatic heterocycles. The zero-order valence-electron chi connectivity index (χ0n) is 13.1. The van der Waals surface area contributed by atoms with E-state index in [9.17, 15) is 9.59 Å². The molecule has 1 aromatic heterocycles. The van der Waals surface area contributed by atoms with Gasteiger partial charge in [0.1, 0.15) is 13.2 Å². The van der Waals surface area contributed by atoms with E-state index in [1.807, 2.05) is 48.9 Å². The largest absolute Gasteiger partial charge is 0.480 e. The third kappa shape index (κ3) is 4.65. The van der Waals surface area contributed by atoms with Gasteiger partial charge in [0, 0.05) is 0 Å². The smallest absolute Gasteiger partial charge is 0.329 e. The number of hydrogen-bond donors (Lipinski definition) is 2. The SMILES string of the molecule is Cc1nn(Cc2ccccc2)c(C)c1NC(=O)COCC(=O)O. The zero-order chi connectivity index (χ0) is 16.8. The summed E-state index contributed by atoms with van der Waals surface area (Å²) in [5, 5.41) is 15.6. The highest BCUT2D eigenvalue weighted by molar-refractivity contribution is 5.92. The average molecular weight is 317 g/mol. The summed E-state index contributed by atoms with van der Waals surface area (Å²) < 4.78 is 6.59. The summed E-state index contributed by atoms with van der Waals surface area (Å²) in [6.45, 7) is 3.48. The number of nitrogens with zero attached hydrogens (tertiary/aromatic N) is 2. The lowest BCUT2D eigenvalue weighted by atomic mass is 10.2. The lowest BCUT2D eigenvalue weighted by Crippen LogP contribution is -2.21. The number of aliphatic carboxylic acids is 1. The van der Waals surface area contributed by atoms with E-state index in [1.54, 1.807) is 0 Å². The molecule has 0 saturated carbocycles. The molecule has 0 aliphatic rings. The normalized spacial score (nSPS) is 10.5. The minimum absolute atomic E-state index is 0.310. The van der Waals surface area contributed by atoms with Crippen LogP contribution in [-0.4, -0.2) is 40.0 Å². The van der Waals surface area contributed by atoms with Gasteiger partial charge in [0.05, 0.1) is 23.6 Å². The van der Waals surface area contributed by atoms with Crippen LogP contribution >= 0.6 is 0 Å². The van der Waals surface area contributed by atoms with E-state index >= 15 is 0 Å². The van der Waals surface area contributed by atoms with Crippen molar-refractivity contribution in [1.29, 1.82) is 0 Å². The number of aryl methyl sites for hydroxylation is 1. The molecule has 2 rings (SSSR count). The second kappa shape index (κ2) is 7.55. The molecule has 0 aliphatic carbocycles. The highest BCUT2D eigenvalue weighted by Crippen LogP contribution is 2.20. The molecule has 0 fully saturated rings. The summed E-state index contributed by atoms with van der Waals surface area (Å²) in [7, 11) is 0. The van der Waals surface area contributed by atoms with Crippen LogP contribution in [-0.2, 0) is 20.9 Å². The number of carbonyl (C=O) groups excluding carboxylic acids is 1. The lowest BCUT2D eigenvalue weighted by molar-refractivity contribution is -0.143. The molecule has 1 heterocycles. The van der Waals surface area contributed by atoms with Crippen molar-refractivity contribution in [2.75, 3.05) is 18.5 Å². The molecule has 2 aromatic rings. The maximum atomic E-state index is 11.8. The molecule has 1 aromatic carbocycles. The summed E-state index contributed by atoms with van der Waals surface area (Å²) in [4.78, 5) is 22.2. The van der Waals surface area contributed by atoms with Crippen molar-refractivity contribution in [1.82, 2.24) is 9.78 Å². The molecule has 0 radical (unpaired) electrons. The number of anilines is 1. The number of carboxylic acid groups (broad SMARTS) is 1. The molecule has 2 N–H and O–H groups in total. The number of aromatic nitrogens is 2. The fourth-order valence-corrected chi connectivity index (χ4v) is 2.19. The number of carbonyl (C=O) groups is 2. The van der Waals surface area contributed by atoms with Crippen molar-refractivity contribution in [3.63, 3.8) is 0 Å². The monoisotopic (exact) mass is 317 g/mol. The van der Waals surface area contributed by atoms with Crippen LogP contribution in [0, 0.1) is 13.8 Å². The van der Waals surface area contributed by atoms with Crippen LogP contribution < -0.4 is 5.32 Å². The van der Waals surface area contributed by atoms with Gasteiger partial charge in [-0.25, -0.2) is 4.79 Å². The Morgan fingerprint density at radius 3 is 2.57 bits per heavy atom. The summed E-state index contributed by atoms with van der Waals surface area (Å²) in [6.07, 6.45) is 0. The molecule has 7 heteroatoms. The Balaban J connectivity index is 2.03. The summed E-state index contributed by atoms with van der Waals surface area (Å²) in [5.41, 5.74) is 3.27. The summed E-state index contributed by atoms with van der Waals surface area (Å²) >= 11 is 0. The van der Waals surface area contributed by atoms with E-state index in [-0.39, 0.29) is 6.61 Å². The highest BCUT2D eigenvalue weighted by atomic mass is 16.5. The van der Waals surface area contributed by atoms with Gasteiger partial charge >= 0.3 is 5.97 Å². The Labute approximate surface area is 133 Å². The molecule has 0 bridgehead atoms. The third-order valence-electron chi connectivity index (χ3n) is 3.28. The van der Waals surface area contributed by atoms with Gasteiger partial charge in [0.15, 0.2) is 0 Å². The van der Waals surface area contributed by atoms with Gasteiger partial charge in [-0.3, -0.25) is 9.48 Å². The quantitative estimate of drug-likeness (QED) is 0.809. The first kappa shape index (κ1) is 16.7. The van der Waals surface area contributed by atoms with Gasteiger partial charge < -0.3 is 15.2 Å². The second-order valence-electron chi connectivity index (χ2n) is 5.12. The van der Waals surface area contributed by atoms with E-state index < -0.39 is 18.5 Å². The van der Waals surface area contributed by atoms with Crippen LogP contribution in [0.2, 0.25) is 0 Å². The molecular formula is C16H19N3O4. The van der Waals surface area contributed by atoms with Crippen LogP contribution in [0.1, 0.15) is 17.0 Å². The first-order valence-corrected chi connectivity index (χ1v) is 7.14. The zero-order valence-corrected chi connectivity index (χ0v) is 13.1. The predicted octanol–water partition coefficient (Wildman–Crippen LogP) is 1.59. The number of benzene rings is 1. The molecular weight excluding hydrogens is 298 g/mol. The van der Waals surface area contributed by atoms with Gasteiger partial charge in [0.25, 0.3) is 0 Å². The molecule has 1 amide bonds. The number of hydrogen-bond acceptors (Lipinski definition) is 4. The van der Waals surface area contributed by atoms with E-state index in [2.05, 4.69) is 10.4 Å². The minimum atomic E-state index is -1.11. The van der Waals surface area contributed by atoms with Gasteiger partial charge in [-0.15, -0.1) is 0 Å². The van der Waals surface area contributed by atoms with E-state index in [1.165, 1.54) is 0 Å². The van der Waals surface area contributed by atoms with Crippen molar-refractivity contribution < 1.29 is 19.4 Å². The summed E-state index contributed by atoms with van der Waals surface area (Å²) in [6, 6.07) is 9.89. The number of ether oxygens (including phenoxy) is 1. The van der Waals surface area contributed by atoms with E-state index in [0.717, 1.165) is 11.3 Å². The van der Waals surface area contributed by atoms with Gasteiger partial charge in [-0.1, -0.05) is 30.3 Å². The Morgan fingerprint density at radius 1 is 1.22 bits per heavy atom. The Morgan fingerprint density at radius 2 is 1.91 bits per heavy atom. The average Bonchev–Trinajstić information content (AvgIpc) is 2.75. The first-order chi connectivity index (χ1) is 11.0. The third-order valence-corrected chi connectivity index (χ3v) is 3.28. The van der Waals surface area contributed by atoms with Crippen LogP contribution in [0.4, 0.5) is 5.69 Å². The van der Waals surface area contributed by atoms with Gasteiger partial charge in [0.2, 0.25) is 5.91 Å². The Hall–Kier alpha value is -2.67. The minimum Gasteiger partial charge on any atom is -0.480 e. The van der Waals surface area contributed by atoms with Crippen LogP contribution in [0.25, 0.3) is 0 Å². The van der Waals surface area contributed by atoms with E-state index in [0.29, 0.717) is 17.9 Å². The topological polar surface area (TPSA) is 93.5 Å². The van der Waals surface area contributed by atoms with Crippen LogP contribution in [0.5, 0.6) is 0 Å². The van der Waals surface area contributed by atoms with Crippen molar-refractivity contribution in [2.24, 2.45) is 0 Å². The molecule has 122 valence electrons. The number of nitrogens with one attached hydrogen (secondary N) is 1. The molecule has 0 atom stereocenters. The predicted molar refractivity (Wildman–Crippen MR) is 84.3 cm³/mol. The fraction of sp³-hybridized carbons (Fsp3) is 0.312. The van der Waals surface area contributed by atoms with Gasteiger partial charge in [-0.2, -0.15) is 5.10 Å². The molecule has 0 spiro atoms. The standard InChI is InChI=1S/C16H19N3O4/c1-11-16(17-14(20)9-23-10-15(21)22)12(2)19(18-11)8-13-6-4-3-5-7-13/h3-7H,8-10H2,1-2H3,(H,17,20)(H,21,22). The molecule has 23 heavy (non-hydrogen) atoms. The summed E-state index contributed by atoms with van der Waals surface area (Å²) in [5.74, 6) is -1.52. The van der Waals surface area contributed by atoms with Crippen molar-refractivity contribution >= 4 is 17.6 Å². The fourth-order valence-electron chi connectivity index (χ4n) is 2.19. The highest BCUT2D eigenvalue weighted by Gasteiger charge is 2.14. The number of rotatable bonds is 7. The van der Waals surface area contributed by atoms with Crippen molar-refractivity contribution in [3.8, 4) is 0 Å². The van der Waals surface area contributed by atoms with Crippen molar-refractivity contribution in [3.05, 3.63) is 47.3 Å². The number of amides is 1. The Bertz CT molecular complexity index is 695. The van der Waals surface area contributed by atoms with E-state index in [4.69, 9.17) is 9.84 Å².